The van der Waals surface area contributed by atoms with E-state index in [9.17, 15) is 4.79 Å². The van der Waals surface area contributed by atoms with Crippen molar-refractivity contribution in [2.24, 2.45) is 0 Å². The normalized spacial score (nSPS) is 11.7. The van der Waals surface area contributed by atoms with Crippen LogP contribution < -0.4 is 5.32 Å². The van der Waals surface area contributed by atoms with Crippen molar-refractivity contribution in [1.82, 2.24) is 14.9 Å². The molecule has 1 amide bonds. The highest BCUT2D eigenvalue weighted by Gasteiger charge is 2.17. The van der Waals surface area contributed by atoms with E-state index in [-0.39, 0.29) is 11.9 Å². The van der Waals surface area contributed by atoms with Crippen LogP contribution in [0.15, 0.2) is 104 Å². The summed E-state index contributed by atoms with van der Waals surface area (Å²) in [6.45, 7) is 0. The van der Waals surface area contributed by atoms with Crippen molar-refractivity contribution in [1.29, 1.82) is 0 Å². The summed E-state index contributed by atoms with van der Waals surface area (Å²) in [6.07, 6.45) is 7.43. The molecular formula is C23H19N3O. The molecule has 0 spiro atoms. The third-order valence-electron chi connectivity index (χ3n) is 4.48. The van der Waals surface area contributed by atoms with Crippen molar-refractivity contribution < 1.29 is 4.79 Å². The van der Waals surface area contributed by atoms with Crippen LogP contribution in [0.4, 0.5) is 0 Å². The Balaban J connectivity index is 1.58. The van der Waals surface area contributed by atoms with Gasteiger partial charge in [0.05, 0.1) is 6.04 Å². The molecule has 0 aliphatic rings. The molecule has 4 aromatic rings. The second-order valence-corrected chi connectivity index (χ2v) is 6.23. The van der Waals surface area contributed by atoms with Gasteiger partial charge in [-0.1, -0.05) is 30.3 Å². The van der Waals surface area contributed by atoms with E-state index in [1.165, 1.54) is 0 Å². The van der Waals surface area contributed by atoms with Gasteiger partial charge in [0.1, 0.15) is 0 Å². The number of carbonyl (C=O) groups excluding carboxylic acids is 1. The topological polar surface area (TPSA) is 46.9 Å². The maximum absolute atomic E-state index is 12.9. The third kappa shape index (κ3) is 3.80. The van der Waals surface area contributed by atoms with Crippen LogP contribution in [0.25, 0.3) is 5.69 Å². The number of nitrogens with one attached hydrogen (secondary N) is 1. The van der Waals surface area contributed by atoms with Gasteiger partial charge in [-0.05, 0) is 59.7 Å². The zero-order valence-electron chi connectivity index (χ0n) is 14.7. The standard InChI is InChI=1S/C23H19N3O/c27-23(20-8-10-21(11-9-20)26-16-4-5-17-26)25-22(18-6-2-1-3-7-18)19-12-14-24-15-13-19/h1-17,22H,(H,25,27). The van der Waals surface area contributed by atoms with Crippen molar-refractivity contribution in [2.45, 2.75) is 6.04 Å². The summed E-state index contributed by atoms with van der Waals surface area (Å²) in [4.78, 5) is 16.9. The summed E-state index contributed by atoms with van der Waals surface area (Å²) in [5.74, 6) is -0.111. The van der Waals surface area contributed by atoms with Gasteiger partial charge in [0.25, 0.3) is 5.91 Å². The van der Waals surface area contributed by atoms with Crippen LogP contribution in [-0.4, -0.2) is 15.5 Å². The average molecular weight is 353 g/mol. The molecule has 4 heteroatoms. The zero-order chi connectivity index (χ0) is 18.5. The van der Waals surface area contributed by atoms with Gasteiger partial charge in [0, 0.05) is 36.0 Å². The van der Waals surface area contributed by atoms with Crippen molar-refractivity contribution in [3.8, 4) is 5.69 Å². The molecule has 0 aliphatic heterocycles. The number of amides is 1. The predicted molar refractivity (Wildman–Crippen MR) is 106 cm³/mol. The van der Waals surface area contributed by atoms with E-state index >= 15 is 0 Å². The molecule has 4 nitrogen and oxygen atoms in total. The van der Waals surface area contributed by atoms with E-state index in [1.807, 2.05) is 95.8 Å². The minimum atomic E-state index is -0.231. The Bertz CT molecular complexity index is 955. The van der Waals surface area contributed by atoms with Crippen molar-refractivity contribution >= 4 is 5.91 Å². The fourth-order valence-corrected chi connectivity index (χ4v) is 3.07. The monoisotopic (exact) mass is 353 g/mol. The van der Waals surface area contributed by atoms with Gasteiger partial charge < -0.3 is 9.88 Å². The number of nitrogens with zero attached hydrogens (tertiary/aromatic N) is 2. The molecule has 0 saturated heterocycles. The van der Waals surface area contributed by atoms with E-state index in [0.717, 1.165) is 16.8 Å². The fraction of sp³-hybridized carbons (Fsp3) is 0.0435. The molecule has 0 bridgehead atoms. The summed E-state index contributed by atoms with van der Waals surface area (Å²) in [7, 11) is 0. The quantitative estimate of drug-likeness (QED) is 0.578. The predicted octanol–water partition coefficient (Wildman–Crippen LogP) is 4.39. The Morgan fingerprint density at radius 2 is 1.41 bits per heavy atom. The molecule has 27 heavy (non-hydrogen) atoms. The molecule has 132 valence electrons. The first kappa shape index (κ1) is 16.8. The number of hydrogen-bond donors (Lipinski definition) is 1. The number of carbonyl (C=O) groups is 1. The molecule has 0 saturated carbocycles. The van der Waals surface area contributed by atoms with E-state index in [2.05, 4.69) is 10.3 Å². The largest absolute Gasteiger partial charge is 0.341 e. The maximum atomic E-state index is 12.9. The second-order valence-electron chi connectivity index (χ2n) is 6.23. The lowest BCUT2D eigenvalue weighted by Crippen LogP contribution is -2.29. The average Bonchev–Trinajstić information content (AvgIpc) is 3.28. The highest BCUT2D eigenvalue weighted by atomic mass is 16.1. The number of rotatable bonds is 5. The smallest absolute Gasteiger partial charge is 0.252 e. The van der Waals surface area contributed by atoms with E-state index in [1.54, 1.807) is 12.4 Å². The summed E-state index contributed by atoms with van der Waals surface area (Å²) in [6, 6.07) is 25.1. The number of pyridine rings is 1. The molecule has 0 radical (unpaired) electrons. The van der Waals surface area contributed by atoms with Gasteiger partial charge in [-0.25, -0.2) is 0 Å². The van der Waals surface area contributed by atoms with E-state index in [4.69, 9.17) is 0 Å². The maximum Gasteiger partial charge on any atom is 0.252 e. The van der Waals surface area contributed by atoms with Crippen LogP contribution in [0.1, 0.15) is 27.5 Å². The van der Waals surface area contributed by atoms with Crippen molar-refractivity contribution in [3.63, 3.8) is 0 Å². The third-order valence-corrected chi connectivity index (χ3v) is 4.48. The highest BCUT2D eigenvalue weighted by molar-refractivity contribution is 5.94. The van der Waals surface area contributed by atoms with Gasteiger partial charge in [0.2, 0.25) is 0 Å². The molecule has 2 aromatic heterocycles. The first-order valence-corrected chi connectivity index (χ1v) is 8.80. The van der Waals surface area contributed by atoms with Crippen molar-refractivity contribution in [3.05, 3.63) is 120 Å². The Kier molecular flexibility index (Phi) is 4.79. The Morgan fingerprint density at radius 1 is 0.778 bits per heavy atom. The van der Waals surface area contributed by atoms with Gasteiger partial charge in [-0.2, -0.15) is 0 Å². The summed E-state index contributed by atoms with van der Waals surface area (Å²) in [5, 5.41) is 3.15. The minimum Gasteiger partial charge on any atom is -0.341 e. The second kappa shape index (κ2) is 7.70. The van der Waals surface area contributed by atoms with Gasteiger partial charge >= 0.3 is 0 Å². The number of benzene rings is 2. The lowest BCUT2D eigenvalue weighted by atomic mass is 9.99. The van der Waals surface area contributed by atoms with Crippen molar-refractivity contribution in [2.75, 3.05) is 0 Å². The van der Waals surface area contributed by atoms with E-state index in [0.29, 0.717) is 5.56 Å². The first-order chi connectivity index (χ1) is 13.3. The lowest BCUT2D eigenvalue weighted by Gasteiger charge is -2.20. The number of aromatic nitrogens is 2. The fourth-order valence-electron chi connectivity index (χ4n) is 3.07. The summed E-state index contributed by atoms with van der Waals surface area (Å²) >= 11 is 0. The Morgan fingerprint density at radius 3 is 2.07 bits per heavy atom. The molecule has 2 heterocycles. The van der Waals surface area contributed by atoms with Crippen LogP contribution in [-0.2, 0) is 0 Å². The van der Waals surface area contributed by atoms with Gasteiger partial charge in [0.15, 0.2) is 0 Å². The van der Waals surface area contributed by atoms with Crippen LogP contribution in [0, 0.1) is 0 Å². The highest BCUT2D eigenvalue weighted by Crippen LogP contribution is 2.22. The molecule has 0 aliphatic carbocycles. The lowest BCUT2D eigenvalue weighted by molar-refractivity contribution is 0.0943. The van der Waals surface area contributed by atoms with Gasteiger partial charge in [-0.3, -0.25) is 9.78 Å². The summed E-state index contributed by atoms with van der Waals surface area (Å²) < 4.78 is 2.01. The molecule has 1 atom stereocenters. The van der Waals surface area contributed by atoms with Crippen LogP contribution in [0.3, 0.4) is 0 Å². The number of hydrogen-bond acceptors (Lipinski definition) is 2. The van der Waals surface area contributed by atoms with E-state index < -0.39 is 0 Å². The summed E-state index contributed by atoms with van der Waals surface area (Å²) in [5.41, 5.74) is 3.67. The minimum absolute atomic E-state index is 0.111. The van der Waals surface area contributed by atoms with Crippen LogP contribution >= 0.6 is 0 Å². The molecule has 4 rings (SSSR count). The SMILES string of the molecule is O=C(NC(c1ccccc1)c1ccncc1)c1ccc(-n2cccc2)cc1. The molecule has 1 unspecified atom stereocenters. The Labute approximate surface area is 158 Å². The molecule has 2 aromatic carbocycles. The first-order valence-electron chi connectivity index (χ1n) is 8.80. The molecule has 0 fully saturated rings. The van der Waals surface area contributed by atoms with Crippen LogP contribution in [0.2, 0.25) is 0 Å². The molecule has 1 N–H and O–H groups in total. The Hall–Kier alpha value is -3.66. The van der Waals surface area contributed by atoms with Gasteiger partial charge in [-0.15, -0.1) is 0 Å². The zero-order valence-corrected chi connectivity index (χ0v) is 14.7. The van der Waals surface area contributed by atoms with Crippen LogP contribution in [0.5, 0.6) is 0 Å². The molecular weight excluding hydrogens is 334 g/mol.